The van der Waals surface area contributed by atoms with Gasteiger partial charge in [-0.05, 0) is 77.3 Å². The molecule has 2 fully saturated rings. The topological polar surface area (TPSA) is 130 Å². The molecule has 0 saturated carbocycles. The van der Waals surface area contributed by atoms with Gasteiger partial charge in [0.15, 0.2) is 12.6 Å². The Labute approximate surface area is 323 Å². The van der Waals surface area contributed by atoms with Crippen LogP contribution < -0.4 is 0 Å². The van der Waals surface area contributed by atoms with Gasteiger partial charge in [0.2, 0.25) is 0 Å². The molecule has 0 amide bonds. The van der Waals surface area contributed by atoms with Gasteiger partial charge in [0.25, 0.3) is 0 Å². The minimum atomic E-state index is -0.601. The lowest BCUT2D eigenvalue weighted by Crippen LogP contribution is -2.50. The van der Waals surface area contributed by atoms with E-state index in [1.807, 2.05) is 65.8 Å². The number of carbonyl (C=O) groups is 2. The van der Waals surface area contributed by atoms with Crippen molar-refractivity contribution in [3.05, 3.63) is 57.6 Å². The molecule has 10 heteroatoms. The highest BCUT2D eigenvalue weighted by Gasteiger charge is 2.46. The molecule has 1 unspecified atom stereocenters. The van der Waals surface area contributed by atoms with Crippen LogP contribution in [0.5, 0.6) is 11.5 Å². The third-order valence-electron chi connectivity index (χ3n) is 10.6. The van der Waals surface area contributed by atoms with E-state index in [2.05, 4.69) is 41.5 Å². The molecule has 0 radical (unpaired) electrons. The van der Waals surface area contributed by atoms with Crippen molar-refractivity contribution in [3.63, 3.8) is 0 Å². The summed E-state index contributed by atoms with van der Waals surface area (Å²) in [4.78, 5) is 25.6. The molecule has 1 atom stereocenters. The third kappa shape index (κ3) is 11.2. The van der Waals surface area contributed by atoms with E-state index in [0.717, 1.165) is 33.4 Å². The quantitative estimate of drug-likeness (QED) is 0.205. The highest BCUT2D eigenvalue weighted by Crippen LogP contribution is 2.40. The Morgan fingerprint density at radius 1 is 0.648 bits per heavy atom. The number of ether oxygens (including phenoxy) is 6. The van der Waals surface area contributed by atoms with Crippen molar-refractivity contribution in [3.8, 4) is 11.5 Å². The predicted molar refractivity (Wildman–Crippen MR) is 208 cm³/mol. The van der Waals surface area contributed by atoms with Gasteiger partial charge in [0.1, 0.15) is 24.7 Å². The Bertz CT molecular complexity index is 1620. The van der Waals surface area contributed by atoms with Crippen molar-refractivity contribution in [2.24, 2.45) is 16.2 Å². The van der Waals surface area contributed by atoms with Crippen LogP contribution in [0, 0.1) is 30.1 Å². The average Bonchev–Trinajstić information content (AvgIpc) is 3.29. The molecule has 54 heavy (non-hydrogen) atoms. The van der Waals surface area contributed by atoms with E-state index in [-0.39, 0.29) is 48.8 Å². The zero-order valence-corrected chi connectivity index (χ0v) is 34.9. The molecule has 2 aromatic rings. The Kier molecular flexibility index (Phi) is 13.6. The summed E-state index contributed by atoms with van der Waals surface area (Å²) in [6.45, 7) is 25.8. The summed E-state index contributed by atoms with van der Waals surface area (Å²) in [5, 5.41) is 21.1. The van der Waals surface area contributed by atoms with Gasteiger partial charge in [0, 0.05) is 29.1 Å². The molecule has 0 bridgehead atoms. The SMILES string of the molecule is Cc1cc(CCC(=O)OCC(C)(C)C2OCCC3(CO2)COC(C(C)(C)COC(=O)CCc2cc(C)c(O)c(C(C)(C)C)c2)OC3)cc(C(C)(C)C)c1O. The van der Waals surface area contributed by atoms with Crippen LogP contribution in [0.15, 0.2) is 24.3 Å². The molecule has 0 aromatic heterocycles. The van der Waals surface area contributed by atoms with Crippen molar-refractivity contribution in [2.75, 3.05) is 39.6 Å². The van der Waals surface area contributed by atoms with E-state index in [9.17, 15) is 19.8 Å². The summed E-state index contributed by atoms with van der Waals surface area (Å²) in [6.07, 6.45) is 1.02. The van der Waals surface area contributed by atoms with Crippen LogP contribution in [0.3, 0.4) is 0 Å². The van der Waals surface area contributed by atoms with Crippen LogP contribution in [-0.4, -0.2) is 74.4 Å². The summed E-state index contributed by atoms with van der Waals surface area (Å²) in [6, 6.07) is 7.80. The number of rotatable bonds is 12. The van der Waals surface area contributed by atoms with E-state index < -0.39 is 28.8 Å². The summed E-state index contributed by atoms with van der Waals surface area (Å²) in [5.41, 5.74) is 3.29. The number of phenolic OH excluding ortho intramolecular Hbond substituents is 2. The summed E-state index contributed by atoms with van der Waals surface area (Å²) in [5.74, 6) is 0.0118. The predicted octanol–water partition coefficient (Wildman–Crippen LogP) is 8.14. The van der Waals surface area contributed by atoms with Gasteiger partial charge in [-0.1, -0.05) is 93.5 Å². The van der Waals surface area contributed by atoms with Crippen molar-refractivity contribution in [2.45, 2.75) is 139 Å². The van der Waals surface area contributed by atoms with Crippen molar-refractivity contribution >= 4 is 11.9 Å². The number of hydrogen-bond acceptors (Lipinski definition) is 10. The molecule has 4 rings (SSSR count). The van der Waals surface area contributed by atoms with Crippen LogP contribution in [-0.2, 0) is 61.7 Å². The van der Waals surface area contributed by atoms with Gasteiger partial charge in [-0.25, -0.2) is 0 Å². The second-order valence-electron chi connectivity index (χ2n) is 19.1. The van der Waals surface area contributed by atoms with Crippen molar-refractivity contribution < 1.29 is 48.2 Å². The monoisotopic (exact) mass is 754 g/mol. The number of hydrogen-bond donors (Lipinski definition) is 2. The van der Waals surface area contributed by atoms with Crippen molar-refractivity contribution in [1.29, 1.82) is 0 Å². The number of phenols is 2. The standard InChI is InChI=1S/C44H66O10/c1-28-19-30(21-32(36(28)47)40(3,4)5)13-15-34(45)50-23-42(9,10)38-49-18-17-44(25-52-38)26-53-39(54-27-44)43(11,12)24-51-35(46)16-14-31-20-29(2)37(48)33(22-31)41(6,7)8/h19-22,38-39,47-48H,13-18,23-27H2,1-12H3. The zero-order chi connectivity index (χ0) is 40.3. The molecule has 2 heterocycles. The second kappa shape index (κ2) is 16.9. The molecule has 302 valence electrons. The normalized spacial score (nSPS) is 21.5. The minimum Gasteiger partial charge on any atom is -0.507 e. The molecule has 10 nitrogen and oxygen atoms in total. The molecule has 2 aliphatic heterocycles. The van der Waals surface area contributed by atoms with Crippen LogP contribution in [0.2, 0.25) is 0 Å². The highest BCUT2D eigenvalue weighted by atomic mass is 16.7. The van der Waals surface area contributed by atoms with Gasteiger partial charge in [0.05, 0.1) is 26.4 Å². The van der Waals surface area contributed by atoms with Crippen LogP contribution in [0.4, 0.5) is 0 Å². The van der Waals surface area contributed by atoms with E-state index in [1.165, 1.54) is 0 Å². The summed E-state index contributed by atoms with van der Waals surface area (Å²) >= 11 is 0. The molecular formula is C44H66O10. The van der Waals surface area contributed by atoms with E-state index in [1.54, 1.807) is 0 Å². The molecule has 2 saturated heterocycles. The molecular weight excluding hydrogens is 688 g/mol. The Hall–Kier alpha value is -3.18. The fourth-order valence-corrected chi connectivity index (χ4v) is 6.93. The smallest absolute Gasteiger partial charge is 0.306 e. The zero-order valence-electron chi connectivity index (χ0n) is 34.9. The minimum absolute atomic E-state index is 0.139. The first-order chi connectivity index (χ1) is 24.9. The lowest BCUT2D eigenvalue weighted by atomic mass is 9.83. The van der Waals surface area contributed by atoms with E-state index in [0.29, 0.717) is 57.2 Å². The van der Waals surface area contributed by atoms with Gasteiger partial charge in [-0.2, -0.15) is 0 Å². The fourth-order valence-electron chi connectivity index (χ4n) is 6.93. The largest absolute Gasteiger partial charge is 0.507 e. The molecule has 1 spiro atoms. The summed E-state index contributed by atoms with van der Waals surface area (Å²) < 4.78 is 36.4. The van der Waals surface area contributed by atoms with Gasteiger partial charge < -0.3 is 38.6 Å². The highest BCUT2D eigenvalue weighted by molar-refractivity contribution is 5.70. The van der Waals surface area contributed by atoms with Crippen LogP contribution in [0.25, 0.3) is 0 Å². The summed E-state index contributed by atoms with van der Waals surface area (Å²) in [7, 11) is 0. The number of benzene rings is 2. The van der Waals surface area contributed by atoms with E-state index >= 15 is 0 Å². The first-order valence-corrected chi connectivity index (χ1v) is 19.4. The van der Waals surface area contributed by atoms with Crippen molar-refractivity contribution in [1.82, 2.24) is 0 Å². The Balaban J connectivity index is 1.21. The van der Waals surface area contributed by atoms with Gasteiger partial charge in [-0.3, -0.25) is 9.59 Å². The Morgan fingerprint density at radius 2 is 1.02 bits per heavy atom. The van der Waals surface area contributed by atoms with E-state index in [4.69, 9.17) is 28.4 Å². The molecule has 2 N–H and O–H groups in total. The number of aromatic hydroxyl groups is 2. The number of carbonyl (C=O) groups excluding carboxylic acids is 2. The maximum Gasteiger partial charge on any atom is 0.306 e. The van der Waals surface area contributed by atoms with Crippen LogP contribution in [0.1, 0.15) is 122 Å². The van der Waals surface area contributed by atoms with Gasteiger partial charge >= 0.3 is 11.9 Å². The number of esters is 2. The van der Waals surface area contributed by atoms with Gasteiger partial charge in [-0.15, -0.1) is 0 Å². The maximum atomic E-state index is 12.8. The second-order valence-corrected chi connectivity index (χ2v) is 19.1. The first kappa shape index (κ1) is 43.5. The Morgan fingerprint density at radius 3 is 1.39 bits per heavy atom. The molecule has 0 aliphatic carbocycles. The first-order valence-electron chi connectivity index (χ1n) is 19.4. The lowest BCUT2D eigenvalue weighted by molar-refractivity contribution is -0.284. The lowest BCUT2D eigenvalue weighted by Gasteiger charge is -2.43. The average molecular weight is 755 g/mol. The number of aryl methyl sites for hydroxylation is 4. The molecule has 2 aromatic carbocycles. The molecule has 2 aliphatic rings. The maximum absolute atomic E-state index is 12.8. The fraction of sp³-hybridized carbons (Fsp3) is 0.682. The third-order valence-corrected chi connectivity index (χ3v) is 10.6. The van der Waals surface area contributed by atoms with Crippen LogP contribution >= 0.6 is 0 Å².